The molecule has 0 aliphatic carbocycles. The van der Waals surface area contributed by atoms with Crippen molar-refractivity contribution in [3.05, 3.63) is 23.8 Å². The first-order valence-electron chi connectivity index (χ1n) is 6.29. The molecule has 1 aromatic carbocycles. The Kier molecular flexibility index (Phi) is 2.62. The van der Waals surface area contributed by atoms with Crippen molar-refractivity contribution in [1.82, 2.24) is 9.78 Å². The molecule has 2 aromatic rings. The van der Waals surface area contributed by atoms with Crippen LogP contribution in [0, 0.1) is 0 Å². The van der Waals surface area contributed by atoms with E-state index in [-0.39, 0.29) is 6.79 Å². The third-order valence-electron chi connectivity index (χ3n) is 3.36. The summed E-state index contributed by atoms with van der Waals surface area (Å²) in [5.41, 5.74) is 8.95. The Morgan fingerprint density at radius 2 is 1.89 bits per heavy atom. The Labute approximate surface area is 111 Å². The van der Waals surface area contributed by atoms with Crippen molar-refractivity contribution in [2.45, 2.75) is 19.8 Å². The molecule has 0 bridgehead atoms. The molecule has 2 N–H and O–H groups in total. The molecule has 0 fully saturated rings. The molecule has 0 spiro atoms. The summed E-state index contributed by atoms with van der Waals surface area (Å²) in [5.74, 6) is 2.58. The highest BCUT2D eigenvalue weighted by molar-refractivity contribution is 5.71. The summed E-state index contributed by atoms with van der Waals surface area (Å²) in [6, 6.07) is 5.90. The smallest absolute Gasteiger partial charge is 0.231 e. The van der Waals surface area contributed by atoms with Gasteiger partial charge in [-0.25, -0.2) is 0 Å². The second-order valence-corrected chi connectivity index (χ2v) is 5.03. The molecule has 0 saturated carbocycles. The van der Waals surface area contributed by atoms with E-state index in [4.69, 9.17) is 15.2 Å². The molecule has 19 heavy (non-hydrogen) atoms. The van der Waals surface area contributed by atoms with E-state index in [1.54, 1.807) is 4.68 Å². The van der Waals surface area contributed by atoms with E-state index in [1.807, 2.05) is 25.2 Å². The topological polar surface area (TPSA) is 62.3 Å². The minimum Gasteiger partial charge on any atom is -0.454 e. The van der Waals surface area contributed by atoms with Gasteiger partial charge in [0.1, 0.15) is 5.82 Å². The zero-order valence-corrected chi connectivity index (χ0v) is 11.3. The molecule has 2 heterocycles. The first kappa shape index (κ1) is 11.9. The van der Waals surface area contributed by atoms with E-state index in [9.17, 15) is 0 Å². The van der Waals surface area contributed by atoms with E-state index in [2.05, 4.69) is 18.9 Å². The molecule has 0 unspecified atom stereocenters. The molecular weight excluding hydrogens is 242 g/mol. The zero-order chi connectivity index (χ0) is 13.6. The summed E-state index contributed by atoms with van der Waals surface area (Å²) in [6.07, 6.45) is 0. The molecule has 1 aromatic heterocycles. The molecule has 0 saturated heterocycles. The number of nitrogen functional groups attached to an aromatic ring is 1. The standard InChI is InChI=1S/C14H17N3O2/c1-8(2)9-4-12-13(19-7-18-12)5-10(9)11-6-14(15)17(3)16-11/h4-6,8H,7,15H2,1-3H3. The predicted molar refractivity (Wildman–Crippen MR) is 73.3 cm³/mol. The van der Waals surface area contributed by atoms with E-state index in [0.29, 0.717) is 11.7 Å². The summed E-state index contributed by atoms with van der Waals surface area (Å²) in [4.78, 5) is 0. The van der Waals surface area contributed by atoms with Gasteiger partial charge in [-0.15, -0.1) is 0 Å². The van der Waals surface area contributed by atoms with Gasteiger partial charge in [-0.2, -0.15) is 5.10 Å². The fourth-order valence-corrected chi connectivity index (χ4v) is 2.27. The largest absolute Gasteiger partial charge is 0.454 e. The number of hydrogen-bond donors (Lipinski definition) is 1. The van der Waals surface area contributed by atoms with Crippen molar-refractivity contribution in [2.75, 3.05) is 12.5 Å². The lowest BCUT2D eigenvalue weighted by Crippen LogP contribution is -1.97. The Balaban J connectivity index is 2.18. The van der Waals surface area contributed by atoms with Crippen molar-refractivity contribution in [3.8, 4) is 22.8 Å². The first-order chi connectivity index (χ1) is 9.06. The maximum atomic E-state index is 5.86. The monoisotopic (exact) mass is 259 g/mol. The van der Waals surface area contributed by atoms with Crippen LogP contribution in [0.15, 0.2) is 18.2 Å². The van der Waals surface area contributed by atoms with Crippen LogP contribution in [-0.4, -0.2) is 16.6 Å². The number of hydrogen-bond acceptors (Lipinski definition) is 4. The van der Waals surface area contributed by atoms with Crippen LogP contribution >= 0.6 is 0 Å². The van der Waals surface area contributed by atoms with Gasteiger partial charge in [-0.1, -0.05) is 13.8 Å². The Bertz CT molecular complexity index is 612. The summed E-state index contributed by atoms with van der Waals surface area (Å²) >= 11 is 0. The molecule has 5 heteroatoms. The van der Waals surface area contributed by atoms with Gasteiger partial charge < -0.3 is 15.2 Å². The van der Waals surface area contributed by atoms with E-state index < -0.39 is 0 Å². The quantitative estimate of drug-likeness (QED) is 0.900. The van der Waals surface area contributed by atoms with Gasteiger partial charge in [0, 0.05) is 18.7 Å². The third kappa shape index (κ3) is 1.91. The maximum Gasteiger partial charge on any atom is 0.231 e. The Morgan fingerprint density at radius 1 is 1.21 bits per heavy atom. The van der Waals surface area contributed by atoms with Crippen molar-refractivity contribution >= 4 is 5.82 Å². The number of fused-ring (bicyclic) bond motifs is 1. The van der Waals surface area contributed by atoms with Crippen molar-refractivity contribution in [1.29, 1.82) is 0 Å². The number of aromatic nitrogens is 2. The third-order valence-corrected chi connectivity index (χ3v) is 3.36. The van der Waals surface area contributed by atoms with Gasteiger partial charge in [-0.05, 0) is 23.6 Å². The molecule has 0 amide bonds. The normalized spacial score (nSPS) is 13.3. The van der Waals surface area contributed by atoms with E-state index in [0.717, 1.165) is 22.8 Å². The van der Waals surface area contributed by atoms with Crippen molar-refractivity contribution in [2.24, 2.45) is 7.05 Å². The van der Waals surface area contributed by atoms with Crippen LogP contribution in [0.3, 0.4) is 0 Å². The summed E-state index contributed by atoms with van der Waals surface area (Å²) in [6.45, 7) is 4.57. The lowest BCUT2D eigenvalue weighted by molar-refractivity contribution is 0.174. The number of aryl methyl sites for hydroxylation is 1. The van der Waals surface area contributed by atoms with Crippen LogP contribution in [-0.2, 0) is 7.05 Å². The molecule has 1 aliphatic heterocycles. The molecule has 5 nitrogen and oxygen atoms in total. The maximum absolute atomic E-state index is 5.86. The molecule has 3 rings (SSSR count). The number of nitrogens with zero attached hydrogens (tertiary/aromatic N) is 2. The SMILES string of the molecule is CC(C)c1cc2c(cc1-c1cc(N)n(C)n1)OCO2. The average Bonchev–Trinajstić information content (AvgIpc) is 2.94. The van der Waals surface area contributed by atoms with Gasteiger partial charge >= 0.3 is 0 Å². The number of benzene rings is 1. The number of anilines is 1. The van der Waals surface area contributed by atoms with Gasteiger partial charge in [-0.3, -0.25) is 4.68 Å². The van der Waals surface area contributed by atoms with Crippen molar-refractivity contribution < 1.29 is 9.47 Å². The van der Waals surface area contributed by atoms with Gasteiger partial charge in [0.15, 0.2) is 11.5 Å². The number of nitrogens with two attached hydrogens (primary N) is 1. The van der Waals surface area contributed by atoms with Crippen LogP contribution in [0.5, 0.6) is 11.5 Å². The van der Waals surface area contributed by atoms with Crippen LogP contribution in [0.25, 0.3) is 11.3 Å². The van der Waals surface area contributed by atoms with E-state index >= 15 is 0 Å². The molecule has 0 radical (unpaired) electrons. The Hall–Kier alpha value is -2.17. The van der Waals surface area contributed by atoms with E-state index in [1.165, 1.54) is 5.56 Å². The minimum absolute atomic E-state index is 0.278. The highest BCUT2D eigenvalue weighted by Gasteiger charge is 2.21. The number of ether oxygens (including phenoxy) is 2. The fourth-order valence-electron chi connectivity index (χ4n) is 2.27. The Morgan fingerprint density at radius 3 is 2.47 bits per heavy atom. The summed E-state index contributed by atoms with van der Waals surface area (Å²) in [7, 11) is 1.83. The minimum atomic E-state index is 0.278. The van der Waals surface area contributed by atoms with Crippen molar-refractivity contribution in [3.63, 3.8) is 0 Å². The number of rotatable bonds is 2. The summed E-state index contributed by atoms with van der Waals surface area (Å²) < 4.78 is 12.6. The van der Waals surface area contributed by atoms with Gasteiger partial charge in [0.2, 0.25) is 6.79 Å². The van der Waals surface area contributed by atoms with Crippen LogP contribution in [0.4, 0.5) is 5.82 Å². The lowest BCUT2D eigenvalue weighted by Gasteiger charge is -2.12. The summed E-state index contributed by atoms with van der Waals surface area (Å²) in [5, 5.41) is 4.44. The average molecular weight is 259 g/mol. The van der Waals surface area contributed by atoms with Crippen LogP contribution in [0.2, 0.25) is 0 Å². The van der Waals surface area contributed by atoms with Gasteiger partial charge in [0.05, 0.1) is 5.69 Å². The molecule has 0 atom stereocenters. The molecular formula is C14H17N3O2. The second-order valence-electron chi connectivity index (χ2n) is 5.03. The highest BCUT2D eigenvalue weighted by Crippen LogP contribution is 2.41. The predicted octanol–water partition coefficient (Wildman–Crippen LogP) is 2.52. The van der Waals surface area contributed by atoms with Crippen LogP contribution < -0.4 is 15.2 Å². The lowest BCUT2D eigenvalue weighted by atomic mass is 9.94. The van der Waals surface area contributed by atoms with Crippen LogP contribution in [0.1, 0.15) is 25.3 Å². The highest BCUT2D eigenvalue weighted by atomic mass is 16.7. The first-order valence-corrected chi connectivity index (χ1v) is 6.29. The molecule has 1 aliphatic rings. The van der Waals surface area contributed by atoms with Gasteiger partial charge in [0.25, 0.3) is 0 Å². The fraction of sp³-hybridized carbons (Fsp3) is 0.357. The zero-order valence-electron chi connectivity index (χ0n) is 11.3. The second kappa shape index (κ2) is 4.19. The molecule has 100 valence electrons.